The summed E-state index contributed by atoms with van der Waals surface area (Å²) >= 11 is 4.74. The van der Waals surface area contributed by atoms with Crippen molar-refractivity contribution in [2.45, 2.75) is 6.10 Å². The number of H-pyrrole nitrogens is 1. The summed E-state index contributed by atoms with van der Waals surface area (Å²) in [6.07, 6.45) is 0.596. The summed E-state index contributed by atoms with van der Waals surface area (Å²) in [7, 11) is 0. The van der Waals surface area contributed by atoms with Crippen molar-refractivity contribution in [3.63, 3.8) is 0 Å². The number of aliphatic hydroxyl groups excluding tert-OH is 1. The Morgan fingerprint density at radius 2 is 2.24 bits per heavy atom. The Hall–Kier alpha value is -1.66. The molecule has 2 aromatic rings. The van der Waals surface area contributed by atoms with Crippen LogP contribution in [0.2, 0.25) is 0 Å². The molecule has 3 N–H and O–H groups in total. The smallest absolute Gasteiger partial charge is 0.266 e. The van der Waals surface area contributed by atoms with E-state index in [1.54, 1.807) is 18.2 Å². The van der Waals surface area contributed by atoms with Gasteiger partial charge in [0.2, 0.25) is 0 Å². The SMILES string of the molecule is OC(CNc1ccccc1F)c1c[nH]c(=S)o1. The summed E-state index contributed by atoms with van der Waals surface area (Å²) in [6, 6.07) is 6.24. The second-order valence-electron chi connectivity index (χ2n) is 3.46. The Balaban J connectivity index is 1.99. The van der Waals surface area contributed by atoms with Crippen LogP contribution in [0.25, 0.3) is 0 Å². The van der Waals surface area contributed by atoms with Crippen molar-refractivity contribution in [3.05, 3.63) is 46.9 Å². The van der Waals surface area contributed by atoms with Gasteiger partial charge in [-0.1, -0.05) is 12.1 Å². The number of hydrogen-bond donors (Lipinski definition) is 3. The Bertz CT molecular complexity index is 552. The zero-order chi connectivity index (χ0) is 12.3. The van der Waals surface area contributed by atoms with Gasteiger partial charge >= 0.3 is 0 Å². The summed E-state index contributed by atoms with van der Waals surface area (Å²) in [5, 5.41) is 12.5. The molecule has 0 saturated carbocycles. The van der Waals surface area contributed by atoms with E-state index in [1.807, 2.05) is 0 Å². The zero-order valence-corrected chi connectivity index (χ0v) is 9.63. The molecule has 1 heterocycles. The number of rotatable bonds is 4. The number of aromatic amines is 1. The van der Waals surface area contributed by atoms with E-state index in [0.29, 0.717) is 11.4 Å². The molecule has 17 heavy (non-hydrogen) atoms. The number of halogens is 1. The normalized spacial score (nSPS) is 12.4. The standard InChI is InChI=1S/C11H11FN2O2S/c12-7-3-1-2-4-8(7)13-5-9(15)10-6-14-11(17)16-10/h1-4,6,9,13,15H,5H2,(H,14,17). The molecule has 1 aromatic heterocycles. The Labute approximate surface area is 102 Å². The lowest BCUT2D eigenvalue weighted by Crippen LogP contribution is -2.12. The molecule has 0 saturated heterocycles. The van der Waals surface area contributed by atoms with E-state index in [4.69, 9.17) is 16.6 Å². The van der Waals surface area contributed by atoms with Crippen molar-refractivity contribution >= 4 is 17.9 Å². The fourth-order valence-electron chi connectivity index (χ4n) is 1.37. The number of para-hydroxylation sites is 1. The van der Waals surface area contributed by atoms with E-state index in [2.05, 4.69) is 10.3 Å². The first kappa shape index (κ1) is 11.8. The molecule has 6 heteroatoms. The second kappa shape index (κ2) is 5.11. The van der Waals surface area contributed by atoms with E-state index >= 15 is 0 Å². The van der Waals surface area contributed by atoms with Crippen molar-refractivity contribution in [2.24, 2.45) is 0 Å². The molecule has 0 radical (unpaired) electrons. The van der Waals surface area contributed by atoms with E-state index in [0.717, 1.165) is 0 Å². The van der Waals surface area contributed by atoms with Crippen molar-refractivity contribution in [3.8, 4) is 0 Å². The van der Waals surface area contributed by atoms with Crippen LogP contribution in [-0.2, 0) is 0 Å². The van der Waals surface area contributed by atoms with Crippen LogP contribution in [0.5, 0.6) is 0 Å². The van der Waals surface area contributed by atoms with Crippen LogP contribution in [0.3, 0.4) is 0 Å². The third-order valence-electron chi connectivity index (χ3n) is 2.23. The Morgan fingerprint density at radius 1 is 1.47 bits per heavy atom. The fourth-order valence-corrected chi connectivity index (χ4v) is 1.53. The topological polar surface area (TPSA) is 61.2 Å². The summed E-state index contributed by atoms with van der Waals surface area (Å²) in [4.78, 5) is 2.84. The van der Waals surface area contributed by atoms with Gasteiger partial charge in [0, 0.05) is 12.7 Å². The lowest BCUT2D eigenvalue weighted by Gasteiger charge is -2.10. The Kier molecular flexibility index (Phi) is 3.55. The molecule has 0 amide bonds. The first-order valence-electron chi connectivity index (χ1n) is 5.01. The molecule has 0 aliphatic rings. The molecular weight excluding hydrogens is 243 g/mol. The van der Waals surface area contributed by atoms with Gasteiger partial charge in [-0.05, 0) is 24.4 Å². The number of oxazole rings is 1. The van der Waals surface area contributed by atoms with Gasteiger partial charge in [-0.2, -0.15) is 0 Å². The number of nitrogens with one attached hydrogen (secondary N) is 2. The zero-order valence-electron chi connectivity index (χ0n) is 8.81. The van der Waals surface area contributed by atoms with Gasteiger partial charge in [0.05, 0.1) is 5.69 Å². The molecule has 0 spiro atoms. The van der Waals surface area contributed by atoms with Crippen molar-refractivity contribution in [2.75, 3.05) is 11.9 Å². The number of benzene rings is 1. The maximum Gasteiger partial charge on any atom is 0.266 e. The molecule has 1 unspecified atom stereocenters. The van der Waals surface area contributed by atoms with E-state index in [-0.39, 0.29) is 17.2 Å². The quantitative estimate of drug-likeness (QED) is 0.734. The molecule has 0 aliphatic carbocycles. The maximum absolute atomic E-state index is 13.3. The van der Waals surface area contributed by atoms with Crippen LogP contribution in [-0.4, -0.2) is 16.6 Å². The summed E-state index contributed by atoms with van der Waals surface area (Å²) in [5.74, 6) is -0.0477. The van der Waals surface area contributed by atoms with Gasteiger partial charge in [-0.15, -0.1) is 0 Å². The lowest BCUT2D eigenvalue weighted by molar-refractivity contribution is 0.161. The van der Waals surface area contributed by atoms with Gasteiger partial charge in [0.1, 0.15) is 11.9 Å². The maximum atomic E-state index is 13.3. The fraction of sp³-hybridized carbons (Fsp3) is 0.182. The predicted octanol–water partition coefficient (Wildman–Crippen LogP) is 2.62. The van der Waals surface area contributed by atoms with E-state index in [1.165, 1.54) is 12.3 Å². The van der Waals surface area contributed by atoms with Crippen molar-refractivity contribution in [1.82, 2.24) is 4.98 Å². The molecule has 0 fully saturated rings. The van der Waals surface area contributed by atoms with Crippen molar-refractivity contribution in [1.29, 1.82) is 0 Å². The van der Waals surface area contributed by atoms with Crippen LogP contribution >= 0.6 is 12.2 Å². The molecule has 1 aromatic carbocycles. The van der Waals surface area contributed by atoms with Gasteiger partial charge in [-0.25, -0.2) is 4.39 Å². The van der Waals surface area contributed by atoms with E-state index < -0.39 is 6.10 Å². The van der Waals surface area contributed by atoms with Crippen LogP contribution < -0.4 is 5.32 Å². The van der Waals surface area contributed by atoms with Gasteiger partial charge in [-0.3, -0.25) is 0 Å². The molecular formula is C11H11FN2O2S. The largest absolute Gasteiger partial charge is 0.432 e. The molecule has 2 rings (SSSR count). The summed E-state index contributed by atoms with van der Waals surface area (Å²) in [6.45, 7) is 0.136. The third kappa shape index (κ3) is 2.92. The van der Waals surface area contributed by atoms with Crippen LogP contribution in [0, 0.1) is 10.7 Å². The minimum Gasteiger partial charge on any atom is -0.432 e. The minimum absolute atomic E-state index is 0.136. The van der Waals surface area contributed by atoms with E-state index in [9.17, 15) is 9.50 Å². The van der Waals surface area contributed by atoms with Gasteiger partial charge < -0.3 is 19.8 Å². The first-order chi connectivity index (χ1) is 8.16. The number of anilines is 1. The lowest BCUT2D eigenvalue weighted by atomic mass is 10.2. The van der Waals surface area contributed by atoms with Crippen molar-refractivity contribution < 1.29 is 13.9 Å². The second-order valence-corrected chi connectivity index (χ2v) is 3.83. The van der Waals surface area contributed by atoms with Crippen LogP contribution in [0.4, 0.5) is 10.1 Å². The summed E-state index contributed by atoms with van der Waals surface area (Å²) < 4.78 is 18.3. The predicted molar refractivity (Wildman–Crippen MR) is 63.7 cm³/mol. The first-order valence-corrected chi connectivity index (χ1v) is 5.42. The summed E-state index contributed by atoms with van der Waals surface area (Å²) in [5.41, 5.74) is 0.334. The highest BCUT2D eigenvalue weighted by molar-refractivity contribution is 7.71. The molecule has 4 nitrogen and oxygen atoms in total. The molecule has 90 valence electrons. The van der Waals surface area contributed by atoms with Gasteiger partial charge in [0.25, 0.3) is 4.84 Å². The van der Waals surface area contributed by atoms with Crippen LogP contribution in [0.15, 0.2) is 34.9 Å². The molecule has 0 aliphatic heterocycles. The highest BCUT2D eigenvalue weighted by atomic mass is 32.1. The van der Waals surface area contributed by atoms with Crippen LogP contribution in [0.1, 0.15) is 11.9 Å². The molecule has 1 atom stereocenters. The number of hydrogen-bond acceptors (Lipinski definition) is 4. The monoisotopic (exact) mass is 254 g/mol. The third-order valence-corrected chi connectivity index (χ3v) is 2.43. The van der Waals surface area contributed by atoms with Gasteiger partial charge in [0.15, 0.2) is 5.76 Å². The highest BCUT2D eigenvalue weighted by Gasteiger charge is 2.11. The highest BCUT2D eigenvalue weighted by Crippen LogP contribution is 2.16. The number of aromatic nitrogens is 1. The average molecular weight is 254 g/mol. The number of aliphatic hydroxyl groups is 1. The Morgan fingerprint density at radius 3 is 2.88 bits per heavy atom. The minimum atomic E-state index is -0.887. The molecule has 0 bridgehead atoms. The average Bonchev–Trinajstić information content (AvgIpc) is 2.74.